The summed E-state index contributed by atoms with van der Waals surface area (Å²) in [6.07, 6.45) is 10.5. The molecule has 5 nitrogen and oxygen atoms in total. The number of ether oxygens (including phenoxy) is 4. The number of nitrogens with zero attached hydrogens (tertiary/aromatic N) is 1. The summed E-state index contributed by atoms with van der Waals surface area (Å²) < 4.78 is 25.2. The van der Waals surface area contributed by atoms with Crippen LogP contribution in [-0.2, 0) is 19.4 Å². The Morgan fingerprint density at radius 1 is 0.938 bits per heavy atom. The van der Waals surface area contributed by atoms with Crippen LogP contribution in [0.3, 0.4) is 0 Å². The second kappa shape index (κ2) is 8.89. The Balaban J connectivity index is 1.68. The fourth-order valence-corrected chi connectivity index (χ4v) is 5.17. The highest BCUT2D eigenvalue weighted by molar-refractivity contribution is 5.95. The Morgan fingerprint density at radius 2 is 1.75 bits per heavy atom. The topological polar surface area (TPSA) is 40.8 Å². The molecule has 0 radical (unpaired) electrons. The van der Waals surface area contributed by atoms with Crippen molar-refractivity contribution in [3.8, 4) is 34.3 Å². The van der Waals surface area contributed by atoms with E-state index in [-0.39, 0.29) is 0 Å². The number of unbranched alkanes of at least 4 members (excludes halogenated alkanes) is 4. The molecule has 0 saturated heterocycles. The van der Waals surface area contributed by atoms with Gasteiger partial charge in [0.15, 0.2) is 35.7 Å². The molecule has 1 aromatic heterocycles. The lowest BCUT2D eigenvalue weighted by atomic mass is 9.89. The molecule has 32 heavy (non-hydrogen) atoms. The molecule has 5 heteroatoms. The molecule has 0 fully saturated rings. The summed E-state index contributed by atoms with van der Waals surface area (Å²) in [7, 11) is 3.42. The fourth-order valence-electron chi connectivity index (χ4n) is 5.17. The van der Waals surface area contributed by atoms with Crippen LogP contribution >= 0.6 is 0 Å². The standard InChI is InChI=1S/C27H32NO4/c1-4-5-6-7-8-9-20-19-10-11-23(29-2)27(30-3)22(19)16-28-13-12-18-14-24-25(32-17-31-24)15-21(18)26(20)28/h10-11,14-16H,4-9,12-13,17H2,1-3H3/q+1. The molecule has 0 spiro atoms. The van der Waals surface area contributed by atoms with E-state index >= 15 is 0 Å². The summed E-state index contributed by atoms with van der Waals surface area (Å²) >= 11 is 0. The number of rotatable bonds is 8. The van der Waals surface area contributed by atoms with Gasteiger partial charge in [0.25, 0.3) is 0 Å². The van der Waals surface area contributed by atoms with Crippen molar-refractivity contribution in [2.75, 3.05) is 21.0 Å². The van der Waals surface area contributed by atoms with Crippen LogP contribution in [0.5, 0.6) is 23.0 Å². The van der Waals surface area contributed by atoms with Crippen LogP contribution in [0.4, 0.5) is 0 Å². The largest absolute Gasteiger partial charge is 0.493 e. The summed E-state index contributed by atoms with van der Waals surface area (Å²) in [4.78, 5) is 0. The summed E-state index contributed by atoms with van der Waals surface area (Å²) in [5.74, 6) is 3.29. The zero-order valence-corrected chi connectivity index (χ0v) is 19.3. The van der Waals surface area contributed by atoms with E-state index in [0.717, 1.165) is 47.8 Å². The highest BCUT2D eigenvalue weighted by Crippen LogP contribution is 2.43. The van der Waals surface area contributed by atoms with E-state index in [1.807, 2.05) is 6.07 Å². The summed E-state index contributed by atoms with van der Waals surface area (Å²) in [5, 5.41) is 2.36. The van der Waals surface area contributed by atoms with Crippen LogP contribution in [0.15, 0.2) is 30.5 Å². The third-order valence-corrected chi connectivity index (χ3v) is 6.77. The van der Waals surface area contributed by atoms with Gasteiger partial charge in [-0.05, 0) is 42.7 Å². The van der Waals surface area contributed by atoms with Crippen molar-refractivity contribution >= 4 is 10.8 Å². The molecule has 0 N–H and O–H groups in total. The molecule has 2 aliphatic rings. The molecule has 3 heterocycles. The van der Waals surface area contributed by atoms with E-state index in [1.165, 1.54) is 59.9 Å². The van der Waals surface area contributed by atoms with Gasteiger partial charge in [0, 0.05) is 17.4 Å². The first-order chi connectivity index (χ1) is 15.7. The minimum Gasteiger partial charge on any atom is -0.493 e. The van der Waals surface area contributed by atoms with Crippen molar-refractivity contribution in [1.29, 1.82) is 0 Å². The van der Waals surface area contributed by atoms with Gasteiger partial charge in [0.2, 0.25) is 12.5 Å². The minimum atomic E-state index is 0.303. The molecular formula is C27H32NO4+. The predicted molar refractivity (Wildman–Crippen MR) is 125 cm³/mol. The van der Waals surface area contributed by atoms with Crippen LogP contribution in [-0.4, -0.2) is 21.0 Å². The summed E-state index contributed by atoms with van der Waals surface area (Å²) in [6.45, 7) is 3.50. The Kier molecular flexibility index (Phi) is 5.81. The number of fused-ring (bicyclic) bond motifs is 5. The number of aryl methyl sites for hydroxylation is 3. The maximum Gasteiger partial charge on any atom is 0.231 e. The van der Waals surface area contributed by atoms with Crippen molar-refractivity contribution in [2.45, 2.75) is 58.4 Å². The minimum absolute atomic E-state index is 0.303. The van der Waals surface area contributed by atoms with E-state index in [0.29, 0.717) is 6.79 Å². The van der Waals surface area contributed by atoms with Gasteiger partial charge in [0.1, 0.15) is 0 Å². The first-order valence-corrected chi connectivity index (χ1v) is 11.8. The lowest BCUT2D eigenvalue weighted by molar-refractivity contribution is -0.686. The van der Waals surface area contributed by atoms with E-state index in [2.05, 4.69) is 35.9 Å². The fraction of sp³-hybridized carbons (Fsp3) is 0.444. The average Bonchev–Trinajstić information content (AvgIpc) is 3.28. The number of benzene rings is 2. The van der Waals surface area contributed by atoms with E-state index in [1.54, 1.807) is 14.2 Å². The maximum atomic E-state index is 5.81. The van der Waals surface area contributed by atoms with Crippen LogP contribution in [0.25, 0.3) is 22.0 Å². The van der Waals surface area contributed by atoms with Crippen LogP contribution < -0.4 is 23.5 Å². The van der Waals surface area contributed by atoms with Crippen molar-refractivity contribution in [3.05, 3.63) is 41.6 Å². The molecule has 0 amide bonds. The van der Waals surface area contributed by atoms with Crippen molar-refractivity contribution in [1.82, 2.24) is 0 Å². The van der Waals surface area contributed by atoms with E-state index in [9.17, 15) is 0 Å². The normalized spacial score (nSPS) is 13.7. The summed E-state index contributed by atoms with van der Waals surface area (Å²) in [5.41, 5.74) is 5.29. The van der Waals surface area contributed by atoms with Gasteiger partial charge in [-0.3, -0.25) is 0 Å². The zero-order chi connectivity index (χ0) is 22.1. The first-order valence-electron chi connectivity index (χ1n) is 11.8. The predicted octanol–water partition coefficient (Wildman–Crippen LogP) is 5.61. The molecule has 2 aromatic carbocycles. The molecule has 5 rings (SSSR count). The third kappa shape index (κ3) is 3.54. The van der Waals surface area contributed by atoms with Crippen LogP contribution in [0.2, 0.25) is 0 Å². The SMILES string of the molecule is CCCCCCCc1c2[n+](cc3c(OC)c(OC)ccc13)CCc1cc3c(cc1-2)OCO3. The summed E-state index contributed by atoms with van der Waals surface area (Å²) in [6, 6.07) is 8.57. The monoisotopic (exact) mass is 434 g/mol. The molecule has 168 valence electrons. The molecule has 0 unspecified atom stereocenters. The van der Waals surface area contributed by atoms with Crippen LogP contribution in [0.1, 0.15) is 50.2 Å². The Bertz CT molecular complexity index is 1150. The lowest BCUT2D eigenvalue weighted by Crippen LogP contribution is -2.41. The van der Waals surface area contributed by atoms with Gasteiger partial charge < -0.3 is 18.9 Å². The number of aromatic nitrogens is 1. The number of hydrogen-bond acceptors (Lipinski definition) is 4. The number of pyridine rings is 1. The molecular weight excluding hydrogens is 402 g/mol. The first kappa shape index (κ1) is 20.9. The maximum absolute atomic E-state index is 5.81. The molecule has 0 saturated carbocycles. The molecule has 0 bridgehead atoms. The van der Waals surface area contributed by atoms with Gasteiger partial charge in [-0.2, -0.15) is 4.57 Å². The Hall–Kier alpha value is -2.95. The van der Waals surface area contributed by atoms with Crippen molar-refractivity contribution < 1.29 is 23.5 Å². The quantitative estimate of drug-likeness (QED) is 0.341. The van der Waals surface area contributed by atoms with Crippen molar-refractivity contribution in [2.24, 2.45) is 0 Å². The molecule has 0 aliphatic carbocycles. The Labute approximate surface area is 189 Å². The van der Waals surface area contributed by atoms with Gasteiger partial charge >= 0.3 is 0 Å². The second-order valence-electron chi connectivity index (χ2n) is 8.69. The lowest BCUT2D eigenvalue weighted by Gasteiger charge is -2.21. The van der Waals surface area contributed by atoms with Gasteiger partial charge in [-0.15, -0.1) is 0 Å². The highest BCUT2D eigenvalue weighted by Gasteiger charge is 2.32. The average molecular weight is 435 g/mol. The van der Waals surface area contributed by atoms with Gasteiger partial charge in [0.05, 0.1) is 25.2 Å². The third-order valence-electron chi connectivity index (χ3n) is 6.77. The zero-order valence-electron chi connectivity index (χ0n) is 19.3. The van der Waals surface area contributed by atoms with Gasteiger partial charge in [-0.25, -0.2) is 0 Å². The number of hydrogen-bond donors (Lipinski definition) is 0. The second-order valence-corrected chi connectivity index (χ2v) is 8.69. The molecule has 0 atom stereocenters. The molecule has 3 aromatic rings. The van der Waals surface area contributed by atoms with Gasteiger partial charge in [-0.1, -0.05) is 32.6 Å². The smallest absolute Gasteiger partial charge is 0.231 e. The highest BCUT2D eigenvalue weighted by atomic mass is 16.7. The number of methoxy groups -OCH3 is 2. The van der Waals surface area contributed by atoms with E-state index in [4.69, 9.17) is 18.9 Å². The van der Waals surface area contributed by atoms with Crippen molar-refractivity contribution in [3.63, 3.8) is 0 Å². The Morgan fingerprint density at radius 3 is 2.53 bits per heavy atom. The van der Waals surface area contributed by atoms with Crippen LogP contribution in [0, 0.1) is 0 Å². The van der Waals surface area contributed by atoms with E-state index < -0.39 is 0 Å². The molecule has 2 aliphatic heterocycles.